The van der Waals surface area contributed by atoms with Gasteiger partial charge in [-0.05, 0) is 24.0 Å². The van der Waals surface area contributed by atoms with Crippen molar-refractivity contribution in [3.8, 4) is 0 Å². The Bertz CT molecular complexity index is 258. The zero-order valence-corrected chi connectivity index (χ0v) is 7.88. The highest BCUT2D eigenvalue weighted by molar-refractivity contribution is 5.50. The van der Waals surface area contributed by atoms with Crippen LogP contribution in [-0.4, -0.2) is 0 Å². The Morgan fingerprint density at radius 3 is 2.75 bits per heavy atom. The summed E-state index contributed by atoms with van der Waals surface area (Å²) in [4.78, 5) is 0. The third-order valence-corrected chi connectivity index (χ3v) is 1.91. The highest BCUT2D eigenvalue weighted by Gasteiger charge is 1.88. The summed E-state index contributed by atoms with van der Waals surface area (Å²) >= 11 is 0. The monoisotopic (exact) mass is 160 g/mol. The summed E-state index contributed by atoms with van der Waals surface area (Å²) < 4.78 is 0. The first-order valence-corrected chi connectivity index (χ1v) is 4.62. The summed E-state index contributed by atoms with van der Waals surface area (Å²) in [5, 5.41) is 0. The van der Waals surface area contributed by atoms with Crippen molar-refractivity contribution in [3.63, 3.8) is 0 Å². The lowest BCUT2D eigenvalue weighted by Gasteiger charge is -1.97. The third-order valence-electron chi connectivity index (χ3n) is 1.91. The zero-order chi connectivity index (χ0) is 8.81. The minimum absolute atomic E-state index is 1.11. The van der Waals surface area contributed by atoms with Gasteiger partial charge in [-0.2, -0.15) is 0 Å². The molecule has 0 unspecified atom stereocenters. The molecule has 0 saturated carbocycles. The molecule has 1 aromatic carbocycles. The Kier molecular flexibility index (Phi) is 3.59. The van der Waals surface area contributed by atoms with Crippen molar-refractivity contribution in [2.45, 2.75) is 26.7 Å². The molecule has 0 atom stereocenters. The zero-order valence-electron chi connectivity index (χ0n) is 7.88. The Hall–Kier alpha value is -1.04. The molecule has 0 N–H and O–H groups in total. The Balaban J connectivity index is 2.79. The number of allylic oxidation sites excluding steroid dienone is 1. The van der Waals surface area contributed by atoms with Gasteiger partial charge in [-0.25, -0.2) is 0 Å². The second-order valence-corrected chi connectivity index (χ2v) is 2.91. The first-order chi connectivity index (χ1) is 5.86. The van der Waals surface area contributed by atoms with Crippen molar-refractivity contribution in [2.75, 3.05) is 0 Å². The van der Waals surface area contributed by atoms with Crippen LogP contribution in [0.5, 0.6) is 0 Å². The maximum absolute atomic E-state index is 2.24. The maximum Gasteiger partial charge on any atom is -0.0257 e. The fraction of sp³-hybridized carbons (Fsp3) is 0.333. The largest absolute Gasteiger partial charge is 0.0842 e. The van der Waals surface area contributed by atoms with Gasteiger partial charge in [0.25, 0.3) is 0 Å². The van der Waals surface area contributed by atoms with Crippen LogP contribution >= 0.6 is 0 Å². The first-order valence-electron chi connectivity index (χ1n) is 4.62. The maximum atomic E-state index is 2.24. The van der Waals surface area contributed by atoms with E-state index in [1.807, 2.05) is 0 Å². The molecular weight excluding hydrogens is 144 g/mol. The number of benzene rings is 1. The van der Waals surface area contributed by atoms with Crippen LogP contribution in [0.4, 0.5) is 0 Å². The first kappa shape index (κ1) is 9.05. The summed E-state index contributed by atoms with van der Waals surface area (Å²) in [6, 6.07) is 8.68. The number of hydrogen-bond acceptors (Lipinski definition) is 0. The lowest BCUT2D eigenvalue weighted by molar-refractivity contribution is 1.14. The van der Waals surface area contributed by atoms with E-state index in [0.717, 1.165) is 12.8 Å². The van der Waals surface area contributed by atoms with Crippen LogP contribution in [0.3, 0.4) is 0 Å². The third kappa shape index (κ3) is 2.54. The van der Waals surface area contributed by atoms with E-state index < -0.39 is 0 Å². The van der Waals surface area contributed by atoms with Gasteiger partial charge in [-0.1, -0.05) is 50.3 Å². The molecule has 0 heterocycles. The van der Waals surface area contributed by atoms with Gasteiger partial charge in [0, 0.05) is 0 Å². The van der Waals surface area contributed by atoms with Gasteiger partial charge in [0.2, 0.25) is 0 Å². The molecule has 0 spiro atoms. The molecule has 0 fully saturated rings. The average molecular weight is 160 g/mol. The fourth-order valence-electron chi connectivity index (χ4n) is 1.17. The number of aryl methyl sites for hydroxylation is 1. The van der Waals surface area contributed by atoms with Gasteiger partial charge in [0.15, 0.2) is 0 Å². The lowest BCUT2D eigenvalue weighted by Crippen LogP contribution is -1.79. The van der Waals surface area contributed by atoms with Crippen molar-refractivity contribution in [3.05, 3.63) is 41.5 Å². The summed E-state index contributed by atoms with van der Waals surface area (Å²) in [5.74, 6) is 0. The summed E-state index contributed by atoms with van der Waals surface area (Å²) in [6.07, 6.45) is 6.60. The van der Waals surface area contributed by atoms with Gasteiger partial charge < -0.3 is 0 Å². The Morgan fingerprint density at radius 1 is 1.25 bits per heavy atom. The van der Waals surface area contributed by atoms with Crippen molar-refractivity contribution >= 4 is 6.08 Å². The van der Waals surface area contributed by atoms with E-state index in [-0.39, 0.29) is 0 Å². The molecule has 0 aromatic heterocycles. The van der Waals surface area contributed by atoms with Crippen LogP contribution in [0.1, 0.15) is 31.4 Å². The standard InChI is InChI=1S/C12H16/c1-3-5-7-12-9-6-8-11(4-2)10-12/h5-10H,3-4H2,1-2H3/b7-5+. The number of hydrogen-bond donors (Lipinski definition) is 0. The molecule has 0 radical (unpaired) electrons. The molecule has 0 saturated heterocycles. The smallest absolute Gasteiger partial charge is 0.0257 e. The predicted octanol–water partition coefficient (Wildman–Crippen LogP) is 3.67. The molecule has 0 aliphatic heterocycles. The van der Waals surface area contributed by atoms with E-state index in [1.54, 1.807) is 0 Å². The van der Waals surface area contributed by atoms with Gasteiger partial charge in [0.05, 0.1) is 0 Å². The van der Waals surface area contributed by atoms with Crippen LogP contribution < -0.4 is 0 Å². The van der Waals surface area contributed by atoms with Crippen molar-refractivity contribution in [1.82, 2.24) is 0 Å². The minimum atomic E-state index is 1.11. The highest BCUT2D eigenvalue weighted by Crippen LogP contribution is 2.07. The van der Waals surface area contributed by atoms with Gasteiger partial charge in [-0.3, -0.25) is 0 Å². The van der Waals surface area contributed by atoms with E-state index in [2.05, 4.69) is 50.3 Å². The SMILES string of the molecule is CC/C=C/c1cccc(CC)c1. The van der Waals surface area contributed by atoms with E-state index in [9.17, 15) is 0 Å². The van der Waals surface area contributed by atoms with Crippen LogP contribution in [0, 0.1) is 0 Å². The van der Waals surface area contributed by atoms with Gasteiger partial charge in [-0.15, -0.1) is 0 Å². The van der Waals surface area contributed by atoms with Crippen molar-refractivity contribution in [1.29, 1.82) is 0 Å². The highest BCUT2D eigenvalue weighted by atomic mass is 13.9. The van der Waals surface area contributed by atoms with Crippen LogP contribution in [0.15, 0.2) is 30.3 Å². The minimum Gasteiger partial charge on any atom is -0.0842 e. The van der Waals surface area contributed by atoms with Gasteiger partial charge >= 0.3 is 0 Å². The summed E-state index contributed by atoms with van der Waals surface area (Å²) in [7, 11) is 0. The second kappa shape index (κ2) is 4.76. The van der Waals surface area contributed by atoms with Crippen LogP contribution in [0.2, 0.25) is 0 Å². The molecule has 0 amide bonds. The Labute approximate surface area is 74.9 Å². The van der Waals surface area contributed by atoms with Crippen molar-refractivity contribution in [2.24, 2.45) is 0 Å². The molecule has 0 heteroatoms. The van der Waals surface area contributed by atoms with E-state index in [0.29, 0.717) is 0 Å². The lowest BCUT2D eigenvalue weighted by atomic mass is 10.1. The Morgan fingerprint density at radius 2 is 2.08 bits per heavy atom. The van der Waals surface area contributed by atoms with E-state index in [4.69, 9.17) is 0 Å². The summed E-state index contributed by atoms with van der Waals surface area (Å²) in [6.45, 7) is 4.34. The number of rotatable bonds is 3. The summed E-state index contributed by atoms with van der Waals surface area (Å²) in [5.41, 5.74) is 2.73. The van der Waals surface area contributed by atoms with Crippen molar-refractivity contribution < 1.29 is 0 Å². The fourth-order valence-corrected chi connectivity index (χ4v) is 1.17. The normalized spacial score (nSPS) is 10.8. The van der Waals surface area contributed by atoms with Crippen LogP contribution in [-0.2, 0) is 6.42 Å². The molecule has 0 nitrogen and oxygen atoms in total. The van der Waals surface area contributed by atoms with E-state index >= 15 is 0 Å². The second-order valence-electron chi connectivity index (χ2n) is 2.91. The van der Waals surface area contributed by atoms with E-state index in [1.165, 1.54) is 11.1 Å². The molecule has 0 bridgehead atoms. The molecule has 0 aliphatic carbocycles. The van der Waals surface area contributed by atoms with Crippen LogP contribution in [0.25, 0.3) is 6.08 Å². The molecule has 1 aromatic rings. The molecule has 64 valence electrons. The molecule has 1 rings (SSSR count). The topological polar surface area (TPSA) is 0 Å². The van der Waals surface area contributed by atoms with Gasteiger partial charge in [0.1, 0.15) is 0 Å². The molecular formula is C12H16. The average Bonchev–Trinajstić information content (AvgIpc) is 2.15. The molecule has 12 heavy (non-hydrogen) atoms. The quantitative estimate of drug-likeness (QED) is 0.633. The predicted molar refractivity (Wildman–Crippen MR) is 55.1 cm³/mol. The molecule has 0 aliphatic rings.